The van der Waals surface area contributed by atoms with Crippen LogP contribution in [0.25, 0.3) is 11.4 Å². The fourth-order valence-electron chi connectivity index (χ4n) is 2.38. The molecule has 0 spiro atoms. The van der Waals surface area contributed by atoms with Crippen LogP contribution in [0.3, 0.4) is 0 Å². The van der Waals surface area contributed by atoms with Crippen LogP contribution < -0.4 is 11.1 Å². The Labute approximate surface area is 151 Å². The van der Waals surface area contributed by atoms with Crippen molar-refractivity contribution < 1.29 is 9.32 Å². The summed E-state index contributed by atoms with van der Waals surface area (Å²) in [5.41, 5.74) is 7.38. The fourth-order valence-corrected chi connectivity index (χ4v) is 2.38. The molecule has 7 heteroatoms. The molecule has 1 amide bonds. The molecule has 0 aliphatic rings. The van der Waals surface area contributed by atoms with Crippen LogP contribution in [0.1, 0.15) is 37.0 Å². The second kappa shape index (κ2) is 6.95. The summed E-state index contributed by atoms with van der Waals surface area (Å²) < 4.78 is 5.32. The molecule has 1 aromatic carbocycles. The number of anilines is 2. The molecule has 134 valence electrons. The standard InChI is InChI=1S/C19H21N5O2/c1-19(2,3)10-16-23-17(24-26-16)12-5-4-6-13(9-12)18(25)22-14-7-8-15(20)21-11-14/h4-9,11H,10H2,1-3H3,(H2,20,21)(H,22,25). The summed E-state index contributed by atoms with van der Waals surface area (Å²) in [5.74, 6) is 1.19. The van der Waals surface area contributed by atoms with Crippen molar-refractivity contribution in [2.75, 3.05) is 11.1 Å². The van der Waals surface area contributed by atoms with Gasteiger partial charge in [0.05, 0.1) is 11.9 Å². The SMILES string of the molecule is CC(C)(C)Cc1nc(-c2cccc(C(=O)Nc3ccc(N)nc3)c2)no1. The fraction of sp³-hybridized carbons (Fsp3) is 0.263. The Morgan fingerprint density at radius 2 is 2.04 bits per heavy atom. The highest BCUT2D eigenvalue weighted by Gasteiger charge is 2.18. The maximum atomic E-state index is 12.4. The van der Waals surface area contributed by atoms with Crippen molar-refractivity contribution in [1.82, 2.24) is 15.1 Å². The Morgan fingerprint density at radius 1 is 1.23 bits per heavy atom. The maximum Gasteiger partial charge on any atom is 0.255 e. The van der Waals surface area contributed by atoms with E-state index in [1.165, 1.54) is 6.20 Å². The van der Waals surface area contributed by atoms with Gasteiger partial charge in [0.2, 0.25) is 11.7 Å². The quantitative estimate of drug-likeness (QED) is 0.744. The number of nitrogens with zero attached hydrogens (tertiary/aromatic N) is 3. The summed E-state index contributed by atoms with van der Waals surface area (Å²) in [7, 11) is 0. The summed E-state index contributed by atoms with van der Waals surface area (Å²) in [5, 5.41) is 6.80. The van der Waals surface area contributed by atoms with E-state index in [2.05, 4.69) is 41.2 Å². The van der Waals surface area contributed by atoms with Gasteiger partial charge in [-0.05, 0) is 29.7 Å². The molecule has 0 saturated carbocycles. The summed E-state index contributed by atoms with van der Waals surface area (Å²) >= 11 is 0. The Balaban J connectivity index is 1.77. The minimum absolute atomic E-state index is 0.0542. The number of hydrogen-bond acceptors (Lipinski definition) is 6. The normalized spacial score (nSPS) is 11.3. The van der Waals surface area contributed by atoms with Crippen molar-refractivity contribution in [3.8, 4) is 11.4 Å². The van der Waals surface area contributed by atoms with Crippen LogP contribution in [0, 0.1) is 5.41 Å². The first-order chi connectivity index (χ1) is 12.3. The average Bonchev–Trinajstić information content (AvgIpc) is 3.03. The molecule has 0 saturated heterocycles. The third-order valence-electron chi connectivity index (χ3n) is 3.58. The molecule has 0 bridgehead atoms. The van der Waals surface area contributed by atoms with Gasteiger partial charge in [0.25, 0.3) is 5.91 Å². The van der Waals surface area contributed by atoms with E-state index >= 15 is 0 Å². The zero-order chi connectivity index (χ0) is 18.7. The summed E-state index contributed by atoms with van der Waals surface area (Å²) in [6.07, 6.45) is 2.19. The molecule has 0 aliphatic heterocycles. The van der Waals surface area contributed by atoms with Crippen LogP contribution in [-0.2, 0) is 6.42 Å². The number of nitrogens with two attached hydrogens (primary N) is 1. The first kappa shape index (κ1) is 17.6. The lowest BCUT2D eigenvalue weighted by Crippen LogP contribution is -2.12. The van der Waals surface area contributed by atoms with Gasteiger partial charge in [-0.3, -0.25) is 4.79 Å². The number of benzene rings is 1. The van der Waals surface area contributed by atoms with E-state index in [-0.39, 0.29) is 11.3 Å². The van der Waals surface area contributed by atoms with E-state index in [4.69, 9.17) is 10.3 Å². The maximum absolute atomic E-state index is 12.4. The number of amides is 1. The molecule has 7 nitrogen and oxygen atoms in total. The van der Waals surface area contributed by atoms with Crippen molar-refractivity contribution >= 4 is 17.4 Å². The lowest BCUT2D eigenvalue weighted by atomic mass is 9.92. The highest BCUT2D eigenvalue weighted by molar-refractivity contribution is 6.04. The van der Waals surface area contributed by atoms with Crippen LogP contribution in [0.4, 0.5) is 11.5 Å². The minimum Gasteiger partial charge on any atom is -0.384 e. The van der Waals surface area contributed by atoms with Gasteiger partial charge in [0, 0.05) is 17.5 Å². The molecular weight excluding hydrogens is 330 g/mol. The van der Waals surface area contributed by atoms with Crippen LogP contribution in [0.15, 0.2) is 47.1 Å². The minimum atomic E-state index is -0.253. The molecule has 3 N–H and O–H groups in total. The third-order valence-corrected chi connectivity index (χ3v) is 3.58. The van der Waals surface area contributed by atoms with Gasteiger partial charge in [-0.2, -0.15) is 4.98 Å². The number of aromatic nitrogens is 3. The Morgan fingerprint density at radius 3 is 2.73 bits per heavy atom. The smallest absolute Gasteiger partial charge is 0.255 e. The summed E-state index contributed by atoms with van der Waals surface area (Å²) in [6, 6.07) is 10.4. The third kappa shape index (κ3) is 4.44. The molecule has 2 aromatic heterocycles. The van der Waals surface area contributed by atoms with Gasteiger partial charge < -0.3 is 15.6 Å². The van der Waals surface area contributed by atoms with E-state index in [1.54, 1.807) is 30.3 Å². The van der Waals surface area contributed by atoms with Gasteiger partial charge >= 0.3 is 0 Å². The lowest BCUT2D eigenvalue weighted by Gasteiger charge is -2.13. The Bertz CT molecular complexity index is 910. The lowest BCUT2D eigenvalue weighted by molar-refractivity contribution is 0.102. The predicted octanol–water partition coefficient (Wildman–Crippen LogP) is 3.55. The second-order valence-electron chi connectivity index (χ2n) is 7.26. The molecule has 26 heavy (non-hydrogen) atoms. The predicted molar refractivity (Wildman–Crippen MR) is 99.5 cm³/mol. The zero-order valence-corrected chi connectivity index (χ0v) is 15.0. The highest BCUT2D eigenvalue weighted by Crippen LogP contribution is 2.23. The average molecular weight is 351 g/mol. The number of hydrogen-bond donors (Lipinski definition) is 2. The topological polar surface area (TPSA) is 107 Å². The molecule has 3 rings (SSSR count). The number of nitrogen functional groups attached to an aromatic ring is 1. The van der Waals surface area contributed by atoms with Gasteiger partial charge in [0.15, 0.2) is 0 Å². The van der Waals surface area contributed by atoms with E-state index in [9.17, 15) is 4.79 Å². The monoisotopic (exact) mass is 351 g/mol. The van der Waals surface area contributed by atoms with E-state index in [0.29, 0.717) is 35.2 Å². The highest BCUT2D eigenvalue weighted by atomic mass is 16.5. The van der Waals surface area contributed by atoms with Gasteiger partial charge in [0.1, 0.15) is 5.82 Å². The van der Waals surface area contributed by atoms with Gasteiger partial charge in [-0.15, -0.1) is 0 Å². The molecule has 3 aromatic rings. The van der Waals surface area contributed by atoms with E-state index in [0.717, 1.165) is 5.56 Å². The number of carbonyl (C=O) groups excluding carboxylic acids is 1. The molecule has 0 atom stereocenters. The van der Waals surface area contributed by atoms with Crippen molar-refractivity contribution in [2.45, 2.75) is 27.2 Å². The summed E-state index contributed by atoms with van der Waals surface area (Å²) in [4.78, 5) is 20.8. The van der Waals surface area contributed by atoms with Crippen LogP contribution >= 0.6 is 0 Å². The molecule has 0 fully saturated rings. The van der Waals surface area contributed by atoms with Gasteiger partial charge in [-0.25, -0.2) is 4.98 Å². The number of pyridine rings is 1. The van der Waals surface area contributed by atoms with Crippen molar-refractivity contribution in [3.63, 3.8) is 0 Å². The first-order valence-electron chi connectivity index (χ1n) is 8.26. The van der Waals surface area contributed by atoms with Crippen molar-refractivity contribution in [2.24, 2.45) is 5.41 Å². The first-order valence-corrected chi connectivity index (χ1v) is 8.26. The van der Waals surface area contributed by atoms with Crippen LogP contribution in [0.2, 0.25) is 0 Å². The molecule has 0 radical (unpaired) electrons. The van der Waals surface area contributed by atoms with E-state index < -0.39 is 0 Å². The molecule has 2 heterocycles. The van der Waals surface area contributed by atoms with Crippen molar-refractivity contribution in [3.05, 3.63) is 54.0 Å². The number of carbonyl (C=O) groups is 1. The molecular formula is C19H21N5O2. The van der Waals surface area contributed by atoms with Crippen LogP contribution in [-0.4, -0.2) is 21.0 Å². The van der Waals surface area contributed by atoms with Gasteiger partial charge in [-0.1, -0.05) is 38.1 Å². The molecule has 0 aliphatic carbocycles. The summed E-state index contributed by atoms with van der Waals surface area (Å²) in [6.45, 7) is 6.32. The number of rotatable bonds is 4. The van der Waals surface area contributed by atoms with Crippen LogP contribution in [0.5, 0.6) is 0 Å². The van der Waals surface area contributed by atoms with E-state index in [1.807, 2.05) is 6.07 Å². The Kier molecular flexibility index (Phi) is 4.71. The Hall–Kier alpha value is -3.22. The largest absolute Gasteiger partial charge is 0.384 e. The van der Waals surface area contributed by atoms with Crippen molar-refractivity contribution in [1.29, 1.82) is 0 Å². The molecule has 0 unspecified atom stereocenters. The number of nitrogens with one attached hydrogen (secondary N) is 1. The second-order valence-corrected chi connectivity index (χ2v) is 7.26. The zero-order valence-electron chi connectivity index (χ0n) is 15.0.